The third-order valence-electron chi connectivity index (χ3n) is 3.57. The predicted octanol–water partition coefficient (Wildman–Crippen LogP) is 3.58. The highest BCUT2D eigenvalue weighted by Gasteiger charge is 2.16. The number of fused-ring (bicyclic) bond motifs is 1. The molecule has 3 rings (SSSR count). The lowest BCUT2D eigenvalue weighted by Crippen LogP contribution is -2.01. The van der Waals surface area contributed by atoms with Crippen LogP contribution in [0.15, 0.2) is 69.7 Å². The maximum Gasteiger partial charge on any atom is 0.295 e. The summed E-state index contributed by atoms with van der Waals surface area (Å²) in [5.41, 5.74) is 0.184. The second-order valence-corrected chi connectivity index (χ2v) is 6.51. The average Bonchev–Trinajstić information content (AvgIpc) is 2.60. The van der Waals surface area contributed by atoms with Crippen LogP contribution in [0.2, 0.25) is 0 Å². The lowest BCUT2D eigenvalue weighted by molar-refractivity contribution is -0.264. The monoisotopic (exact) mass is 357 g/mol. The van der Waals surface area contributed by atoms with E-state index in [1.54, 1.807) is 36.4 Å². The SMILES string of the molecule is COc1ccccc1N=Nc1cc(S(=O)(=O)O)c2ccccc2c1[O-]. The summed E-state index contributed by atoms with van der Waals surface area (Å²) in [5, 5.41) is 20.6. The highest BCUT2D eigenvalue weighted by atomic mass is 32.2. The van der Waals surface area contributed by atoms with E-state index in [1.165, 1.54) is 19.2 Å². The van der Waals surface area contributed by atoms with Crippen molar-refractivity contribution in [3.8, 4) is 11.5 Å². The van der Waals surface area contributed by atoms with Crippen molar-refractivity contribution in [1.82, 2.24) is 0 Å². The van der Waals surface area contributed by atoms with Gasteiger partial charge in [-0.15, -0.1) is 5.11 Å². The Hall–Kier alpha value is -2.97. The van der Waals surface area contributed by atoms with Crippen LogP contribution in [0.4, 0.5) is 11.4 Å². The first-order valence-corrected chi connectivity index (χ1v) is 8.61. The van der Waals surface area contributed by atoms with Gasteiger partial charge in [0.1, 0.15) is 16.3 Å². The van der Waals surface area contributed by atoms with Crippen LogP contribution in [0.1, 0.15) is 0 Å². The Balaban J connectivity index is 2.20. The molecule has 0 spiro atoms. The van der Waals surface area contributed by atoms with Crippen LogP contribution < -0.4 is 9.84 Å². The van der Waals surface area contributed by atoms with Gasteiger partial charge in [0, 0.05) is 5.39 Å². The molecule has 0 saturated carbocycles. The van der Waals surface area contributed by atoms with Gasteiger partial charge in [-0.3, -0.25) is 4.55 Å². The first-order chi connectivity index (χ1) is 11.9. The molecule has 3 aromatic carbocycles. The molecule has 0 aliphatic heterocycles. The van der Waals surface area contributed by atoms with Gasteiger partial charge in [-0.25, -0.2) is 0 Å². The highest BCUT2D eigenvalue weighted by Crippen LogP contribution is 2.38. The third-order valence-corrected chi connectivity index (χ3v) is 4.46. The summed E-state index contributed by atoms with van der Waals surface area (Å²) in [6, 6.07) is 13.9. The number of para-hydroxylation sites is 1. The molecule has 0 bridgehead atoms. The molecule has 0 amide bonds. The van der Waals surface area contributed by atoms with Crippen molar-refractivity contribution in [2.75, 3.05) is 7.11 Å². The van der Waals surface area contributed by atoms with Crippen molar-refractivity contribution in [1.29, 1.82) is 0 Å². The Morgan fingerprint density at radius 3 is 2.24 bits per heavy atom. The minimum Gasteiger partial charge on any atom is -0.871 e. The Bertz CT molecular complexity index is 1080. The summed E-state index contributed by atoms with van der Waals surface area (Å²) < 4.78 is 37.9. The van der Waals surface area contributed by atoms with Crippen molar-refractivity contribution in [2.24, 2.45) is 10.2 Å². The van der Waals surface area contributed by atoms with Gasteiger partial charge in [0.2, 0.25) is 0 Å². The smallest absolute Gasteiger partial charge is 0.295 e. The maximum absolute atomic E-state index is 12.5. The van der Waals surface area contributed by atoms with Gasteiger partial charge in [-0.2, -0.15) is 13.5 Å². The average molecular weight is 357 g/mol. The Labute approximate surface area is 144 Å². The fourth-order valence-corrected chi connectivity index (χ4v) is 3.13. The summed E-state index contributed by atoms with van der Waals surface area (Å²) >= 11 is 0. The lowest BCUT2D eigenvalue weighted by atomic mass is 10.1. The van der Waals surface area contributed by atoms with Gasteiger partial charge < -0.3 is 9.84 Å². The van der Waals surface area contributed by atoms with Crippen LogP contribution >= 0.6 is 0 Å². The van der Waals surface area contributed by atoms with Gasteiger partial charge in [-0.1, -0.05) is 42.1 Å². The van der Waals surface area contributed by atoms with Crippen LogP contribution in [0.25, 0.3) is 10.8 Å². The van der Waals surface area contributed by atoms with Crippen molar-refractivity contribution < 1.29 is 22.8 Å². The van der Waals surface area contributed by atoms with Crippen molar-refractivity contribution in [3.05, 3.63) is 54.6 Å². The molecule has 0 aliphatic rings. The molecule has 0 fully saturated rings. The van der Waals surface area contributed by atoms with Crippen molar-refractivity contribution in [3.63, 3.8) is 0 Å². The molecule has 1 N–H and O–H groups in total. The molecule has 0 unspecified atom stereocenters. The van der Waals surface area contributed by atoms with Crippen molar-refractivity contribution in [2.45, 2.75) is 4.90 Å². The minimum absolute atomic E-state index is 0.131. The number of nitrogens with zero attached hydrogens (tertiary/aromatic N) is 2. The number of benzene rings is 3. The minimum atomic E-state index is -4.53. The second kappa shape index (κ2) is 6.50. The molecule has 0 saturated heterocycles. The van der Waals surface area contributed by atoms with Gasteiger partial charge >= 0.3 is 0 Å². The van der Waals surface area contributed by atoms with Crippen LogP contribution in [-0.2, 0) is 10.1 Å². The maximum atomic E-state index is 12.5. The topological polar surface area (TPSA) is 111 Å². The van der Waals surface area contributed by atoms with Crippen molar-refractivity contribution >= 4 is 32.3 Å². The fraction of sp³-hybridized carbons (Fsp3) is 0.0588. The van der Waals surface area contributed by atoms with E-state index in [2.05, 4.69) is 10.2 Å². The van der Waals surface area contributed by atoms with E-state index in [4.69, 9.17) is 4.74 Å². The summed E-state index contributed by atoms with van der Waals surface area (Å²) in [6.45, 7) is 0. The Kier molecular flexibility index (Phi) is 4.39. The number of methoxy groups -OCH3 is 1. The van der Waals surface area contributed by atoms with E-state index >= 15 is 0 Å². The molecule has 0 aromatic heterocycles. The normalized spacial score (nSPS) is 11.9. The Morgan fingerprint density at radius 2 is 1.56 bits per heavy atom. The van der Waals surface area contributed by atoms with Gasteiger partial charge in [0.25, 0.3) is 10.1 Å². The van der Waals surface area contributed by atoms with Crippen LogP contribution in [0.5, 0.6) is 11.5 Å². The standard InChI is InChI=1S/C17H14N2O5S/c1-24-15-9-5-4-8-13(15)18-19-14-10-16(25(21,22)23)11-6-2-3-7-12(11)17(14)20/h2-10,20H,1H3,(H,21,22,23)/p-1. The Morgan fingerprint density at radius 1 is 0.960 bits per heavy atom. The summed E-state index contributed by atoms with van der Waals surface area (Å²) in [6.07, 6.45) is 0. The molecule has 0 atom stereocenters. The largest absolute Gasteiger partial charge is 0.871 e. The van der Waals surface area contributed by atoms with Crippen LogP contribution in [-0.4, -0.2) is 20.1 Å². The number of azo groups is 1. The number of hydrogen-bond donors (Lipinski definition) is 1. The van der Waals surface area contributed by atoms with Crippen LogP contribution in [0, 0.1) is 0 Å². The molecule has 25 heavy (non-hydrogen) atoms. The predicted molar refractivity (Wildman–Crippen MR) is 90.4 cm³/mol. The van der Waals surface area contributed by atoms with E-state index < -0.39 is 20.8 Å². The molecule has 8 heteroatoms. The zero-order chi connectivity index (χ0) is 18.0. The zero-order valence-electron chi connectivity index (χ0n) is 13.1. The first kappa shape index (κ1) is 16.9. The summed E-state index contributed by atoms with van der Waals surface area (Å²) in [7, 11) is -3.06. The number of ether oxygens (including phenoxy) is 1. The van der Waals surface area contributed by atoms with E-state index in [-0.39, 0.29) is 16.5 Å². The molecule has 3 aromatic rings. The quantitative estimate of drug-likeness (QED) is 0.566. The summed E-state index contributed by atoms with van der Waals surface area (Å²) in [4.78, 5) is -0.392. The fourth-order valence-electron chi connectivity index (χ4n) is 2.41. The first-order valence-electron chi connectivity index (χ1n) is 7.17. The molecule has 0 radical (unpaired) electrons. The van der Waals surface area contributed by atoms with Gasteiger partial charge in [0.15, 0.2) is 0 Å². The molecule has 7 nitrogen and oxygen atoms in total. The lowest BCUT2D eigenvalue weighted by Gasteiger charge is -2.15. The molecule has 128 valence electrons. The van der Waals surface area contributed by atoms with Gasteiger partial charge in [0.05, 0.1) is 12.8 Å². The van der Waals surface area contributed by atoms with E-state index in [1.807, 2.05) is 0 Å². The van der Waals surface area contributed by atoms with E-state index in [0.29, 0.717) is 11.4 Å². The second-order valence-electron chi connectivity index (χ2n) is 5.12. The number of hydrogen-bond acceptors (Lipinski definition) is 6. The van der Waals surface area contributed by atoms with E-state index in [0.717, 1.165) is 6.07 Å². The van der Waals surface area contributed by atoms with Gasteiger partial charge in [-0.05, 0) is 23.6 Å². The van der Waals surface area contributed by atoms with E-state index in [9.17, 15) is 18.1 Å². The molecular weight excluding hydrogens is 344 g/mol. The highest BCUT2D eigenvalue weighted by molar-refractivity contribution is 7.86. The summed E-state index contributed by atoms with van der Waals surface area (Å²) in [5.74, 6) is -0.0314. The van der Waals surface area contributed by atoms with Crippen LogP contribution in [0.3, 0.4) is 0 Å². The molecular formula is C17H13N2O5S-. The zero-order valence-corrected chi connectivity index (χ0v) is 13.9. The molecule has 0 aliphatic carbocycles. The number of rotatable bonds is 4. The third kappa shape index (κ3) is 3.30. The molecule has 0 heterocycles.